The minimum atomic E-state index is -0.00277. The van der Waals surface area contributed by atoms with Gasteiger partial charge < -0.3 is 15.0 Å². The Bertz CT molecular complexity index is 599. The highest BCUT2D eigenvalue weighted by atomic mass is 16.3. The molecule has 0 radical (unpaired) electrons. The largest absolute Gasteiger partial charge is 0.392 e. The molecule has 1 amide bonds. The molecule has 0 saturated heterocycles. The number of rotatable bonds is 5. The van der Waals surface area contributed by atoms with E-state index in [1.807, 2.05) is 35.0 Å². The fourth-order valence-corrected chi connectivity index (χ4v) is 2.37. The van der Waals surface area contributed by atoms with Crippen molar-refractivity contribution in [3.63, 3.8) is 0 Å². The van der Waals surface area contributed by atoms with E-state index in [1.54, 1.807) is 0 Å². The first-order valence-corrected chi connectivity index (χ1v) is 6.72. The van der Waals surface area contributed by atoms with Crippen molar-refractivity contribution < 1.29 is 9.90 Å². The van der Waals surface area contributed by atoms with Crippen LogP contribution in [0.15, 0.2) is 30.5 Å². The summed E-state index contributed by atoms with van der Waals surface area (Å²) in [6.07, 6.45) is 4.34. The average Bonchev–Trinajstić information content (AvgIpc) is 3.20. The third kappa shape index (κ3) is 2.63. The zero-order chi connectivity index (χ0) is 13.2. The number of carbonyl (C=O) groups is 1. The Morgan fingerprint density at radius 3 is 2.89 bits per heavy atom. The maximum Gasteiger partial charge on any atom is 0.239 e. The van der Waals surface area contributed by atoms with Crippen molar-refractivity contribution in [2.24, 2.45) is 5.92 Å². The lowest BCUT2D eigenvalue weighted by atomic mass is 10.2. The predicted molar refractivity (Wildman–Crippen MR) is 73.6 cm³/mol. The second-order valence-electron chi connectivity index (χ2n) is 5.20. The van der Waals surface area contributed by atoms with Gasteiger partial charge in [0.2, 0.25) is 5.91 Å². The predicted octanol–water partition coefficient (Wildman–Crippen LogP) is 1.66. The Morgan fingerprint density at radius 2 is 2.16 bits per heavy atom. The summed E-state index contributed by atoms with van der Waals surface area (Å²) in [4.78, 5) is 11.9. The topological polar surface area (TPSA) is 54.3 Å². The number of amides is 1. The van der Waals surface area contributed by atoms with Gasteiger partial charge in [-0.3, -0.25) is 4.79 Å². The van der Waals surface area contributed by atoms with Crippen LogP contribution in [0.2, 0.25) is 0 Å². The van der Waals surface area contributed by atoms with Gasteiger partial charge in [-0.25, -0.2) is 0 Å². The molecule has 1 aromatic heterocycles. The summed E-state index contributed by atoms with van der Waals surface area (Å²) in [5.74, 6) is 0.732. The lowest BCUT2D eigenvalue weighted by molar-refractivity contribution is -0.121. The molecule has 1 aliphatic rings. The molecule has 100 valence electrons. The van der Waals surface area contributed by atoms with Gasteiger partial charge in [0.15, 0.2) is 0 Å². The molecule has 3 rings (SSSR count). The number of hydrogen-bond donors (Lipinski definition) is 2. The highest BCUT2D eigenvalue weighted by Crippen LogP contribution is 2.27. The maximum atomic E-state index is 11.9. The van der Waals surface area contributed by atoms with Crippen LogP contribution >= 0.6 is 0 Å². The monoisotopic (exact) mass is 258 g/mol. The van der Waals surface area contributed by atoms with Crippen LogP contribution in [-0.4, -0.2) is 22.1 Å². The van der Waals surface area contributed by atoms with E-state index in [9.17, 15) is 9.90 Å². The molecule has 2 aromatic rings. The number of hydrogen-bond acceptors (Lipinski definition) is 2. The molecule has 0 aliphatic heterocycles. The van der Waals surface area contributed by atoms with Gasteiger partial charge in [0.1, 0.15) is 6.54 Å². The molecular weight excluding hydrogens is 240 g/mol. The number of nitrogens with zero attached hydrogens (tertiary/aromatic N) is 1. The summed E-state index contributed by atoms with van der Waals surface area (Å²) >= 11 is 0. The molecular formula is C15H18N2O2. The first kappa shape index (κ1) is 12.2. The number of fused-ring (bicyclic) bond motifs is 1. The number of benzene rings is 1. The molecule has 0 atom stereocenters. The van der Waals surface area contributed by atoms with Crippen LogP contribution in [0.4, 0.5) is 0 Å². The molecule has 1 fully saturated rings. The Hall–Kier alpha value is -1.81. The number of carbonyl (C=O) groups excluding carboxylic acids is 1. The number of aliphatic hydroxyl groups excluding tert-OH is 1. The van der Waals surface area contributed by atoms with E-state index in [-0.39, 0.29) is 12.5 Å². The van der Waals surface area contributed by atoms with Gasteiger partial charge in [-0.2, -0.15) is 0 Å². The van der Waals surface area contributed by atoms with Crippen molar-refractivity contribution in [2.75, 3.05) is 6.54 Å². The third-order valence-electron chi connectivity index (χ3n) is 3.64. The maximum absolute atomic E-state index is 11.9. The first-order chi connectivity index (χ1) is 9.28. The van der Waals surface area contributed by atoms with Crippen LogP contribution in [0.3, 0.4) is 0 Å². The second-order valence-corrected chi connectivity index (χ2v) is 5.20. The lowest BCUT2D eigenvalue weighted by Gasteiger charge is -2.06. The van der Waals surface area contributed by atoms with E-state index >= 15 is 0 Å². The van der Waals surface area contributed by atoms with Crippen LogP contribution < -0.4 is 5.32 Å². The van der Waals surface area contributed by atoms with Gasteiger partial charge in [0.25, 0.3) is 0 Å². The van der Waals surface area contributed by atoms with Gasteiger partial charge in [-0.15, -0.1) is 0 Å². The SMILES string of the molecule is O=C(Cn1cc(CO)c2ccccc21)NCC1CC1. The molecule has 1 aliphatic carbocycles. The molecule has 4 nitrogen and oxygen atoms in total. The number of para-hydroxylation sites is 1. The number of aliphatic hydroxyl groups is 1. The molecule has 1 saturated carbocycles. The van der Waals surface area contributed by atoms with Crippen LogP contribution in [0.5, 0.6) is 0 Å². The quantitative estimate of drug-likeness (QED) is 0.857. The molecule has 2 N–H and O–H groups in total. The molecule has 0 unspecified atom stereocenters. The van der Waals surface area contributed by atoms with Crippen LogP contribution in [-0.2, 0) is 17.9 Å². The fourth-order valence-electron chi connectivity index (χ4n) is 2.37. The average molecular weight is 258 g/mol. The fraction of sp³-hybridized carbons (Fsp3) is 0.400. The van der Waals surface area contributed by atoms with Crippen molar-refractivity contribution in [3.8, 4) is 0 Å². The molecule has 1 aromatic carbocycles. The summed E-state index contributed by atoms with van der Waals surface area (Å²) in [6, 6.07) is 7.84. The summed E-state index contributed by atoms with van der Waals surface area (Å²) in [5.41, 5.74) is 1.86. The van der Waals surface area contributed by atoms with Gasteiger partial charge in [0.05, 0.1) is 6.61 Å². The summed E-state index contributed by atoms with van der Waals surface area (Å²) < 4.78 is 1.91. The standard InChI is InChI=1S/C15H18N2O2/c18-10-12-8-17(14-4-2-1-3-13(12)14)9-15(19)16-7-11-5-6-11/h1-4,8,11,18H,5-7,9-10H2,(H,16,19). The summed E-state index contributed by atoms with van der Waals surface area (Å²) in [6.45, 7) is 1.11. The minimum Gasteiger partial charge on any atom is -0.392 e. The van der Waals surface area contributed by atoms with Gasteiger partial charge in [-0.1, -0.05) is 18.2 Å². The van der Waals surface area contributed by atoms with Crippen molar-refractivity contribution in [2.45, 2.75) is 26.0 Å². The minimum absolute atomic E-state index is 0.00277. The van der Waals surface area contributed by atoms with E-state index in [2.05, 4.69) is 5.32 Å². The van der Waals surface area contributed by atoms with E-state index in [0.717, 1.165) is 23.0 Å². The Kier molecular flexibility index (Phi) is 3.25. The lowest BCUT2D eigenvalue weighted by Crippen LogP contribution is -2.29. The summed E-state index contributed by atoms with van der Waals surface area (Å²) in [7, 11) is 0. The van der Waals surface area contributed by atoms with Crippen molar-refractivity contribution >= 4 is 16.8 Å². The Balaban J connectivity index is 1.77. The normalized spacial score (nSPS) is 14.8. The zero-order valence-corrected chi connectivity index (χ0v) is 10.8. The van der Waals surface area contributed by atoms with Gasteiger partial charge >= 0.3 is 0 Å². The molecule has 4 heteroatoms. The van der Waals surface area contributed by atoms with Gasteiger partial charge in [0, 0.05) is 29.2 Å². The zero-order valence-electron chi connectivity index (χ0n) is 10.8. The molecule has 1 heterocycles. The van der Waals surface area contributed by atoms with Crippen LogP contribution in [0.1, 0.15) is 18.4 Å². The Morgan fingerprint density at radius 1 is 1.37 bits per heavy atom. The van der Waals surface area contributed by atoms with Gasteiger partial charge in [-0.05, 0) is 24.8 Å². The third-order valence-corrected chi connectivity index (χ3v) is 3.64. The number of aromatic nitrogens is 1. The second kappa shape index (κ2) is 5.05. The smallest absolute Gasteiger partial charge is 0.239 e. The van der Waals surface area contributed by atoms with Crippen LogP contribution in [0.25, 0.3) is 10.9 Å². The first-order valence-electron chi connectivity index (χ1n) is 6.72. The van der Waals surface area contributed by atoms with Crippen molar-refractivity contribution in [3.05, 3.63) is 36.0 Å². The number of nitrogens with one attached hydrogen (secondary N) is 1. The van der Waals surface area contributed by atoms with E-state index in [1.165, 1.54) is 12.8 Å². The molecule has 0 bridgehead atoms. The highest BCUT2D eigenvalue weighted by molar-refractivity contribution is 5.86. The van der Waals surface area contributed by atoms with E-state index in [0.29, 0.717) is 12.5 Å². The van der Waals surface area contributed by atoms with E-state index in [4.69, 9.17) is 0 Å². The van der Waals surface area contributed by atoms with Crippen molar-refractivity contribution in [1.29, 1.82) is 0 Å². The van der Waals surface area contributed by atoms with E-state index < -0.39 is 0 Å². The van der Waals surface area contributed by atoms with Crippen LogP contribution in [0, 0.1) is 5.92 Å². The molecule has 0 spiro atoms. The Labute approximate surface area is 112 Å². The highest BCUT2D eigenvalue weighted by Gasteiger charge is 2.21. The van der Waals surface area contributed by atoms with Crippen molar-refractivity contribution in [1.82, 2.24) is 9.88 Å². The summed E-state index contributed by atoms with van der Waals surface area (Å²) in [5, 5.41) is 13.3. The molecule has 19 heavy (non-hydrogen) atoms.